The van der Waals surface area contributed by atoms with Crippen molar-refractivity contribution in [3.63, 3.8) is 0 Å². The van der Waals surface area contributed by atoms with Gasteiger partial charge in [0.15, 0.2) is 16.7 Å². The Morgan fingerprint density at radius 1 is 1.23 bits per heavy atom. The fraction of sp³-hybridized carbons (Fsp3) is 0.632. The lowest BCUT2D eigenvalue weighted by Gasteiger charge is -2.59. The second-order valence-corrected chi connectivity index (χ2v) is 9.28. The van der Waals surface area contributed by atoms with Crippen molar-refractivity contribution in [2.75, 3.05) is 26.4 Å². The average molecular weight is 501 g/mol. The first-order chi connectivity index (χ1) is 14.5. The molecule has 0 N–H and O–H groups in total. The van der Waals surface area contributed by atoms with Gasteiger partial charge in [-0.15, -0.1) is 0 Å². The Morgan fingerprint density at radius 2 is 1.97 bits per heavy atom. The van der Waals surface area contributed by atoms with Crippen LogP contribution in [0.2, 0.25) is 5.15 Å². The molecule has 7 rings (SSSR count). The van der Waals surface area contributed by atoms with Crippen molar-refractivity contribution in [3.05, 3.63) is 22.1 Å². The van der Waals surface area contributed by atoms with E-state index in [2.05, 4.69) is 25.9 Å². The number of halogens is 2. The number of esters is 1. The van der Waals surface area contributed by atoms with Crippen molar-refractivity contribution in [2.45, 2.75) is 37.3 Å². The molecule has 9 nitrogen and oxygen atoms in total. The summed E-state index contributed by atoms with van der Waals surface area (Å²) in [6.45, 7) is 1.91. The monoisotopic (exact) mass is 499 g/mol. The molecule has 4 heterocycles. The first kappa shape index (κ1) is 19.4. The van der Waals surface area contributed by atoms with Crippen molar-refractivity contribution < 1.29 is 28.5 Å². The first-order valence-electron chi connectivity index (χ1n) is 9.95. The van der Waals surface area contributed by atoms with Crippen LogP contribution in [0.25, 0.3) is 5.52 Å². The third-order valence-corrected chi connectivity index (χ3v) is 7.70. The van der Waals surface area contributed by atoms with Crippen LogP contribution in [0, 0.1) is 11.3 Å². The number of fused-ring (bicyclic) bond motifs is 2. The quantitative estimate of drug-likeness (QED) is 0.581. The van der Waals surface area contributed by atoms with Gasteiger partial charge in [-0.2, -0.15) is 4.98 Å². The third-order valence-electron chi connectivity index (χ3n) is 6.87. The van der Waals surface area contributed by atoms with Crippen LogP contribution < -0.4 is 4.74 Å². The van der Waals surface area contributed by atoms with Crippen molar-refractivity contribution in [3.8, 4) is 6.01 Å². The van der Waals surface area contributed by atoms with Gasteiger partial charge in [-0.1, -0.05) is 11.6 Å². The zero-order valence-electron chi connectivity index (χ0n) is 15.9. The summed E-state index contributed by atoms with van der Waals surface area (Å²) in [4.78, 5) is 22.2. The van der Waals surface area contributed by atoms with E-state index in [1.807, 2.05) is 0 Å². The summed E-state index contributed by atoms with van der Waals surface area (Å²) in [5.74, 6) is -2.18. The second kappa shape index (κ2) is 6.60. The SMILES string of the molecule is O=C(Oc1nc(Br)c2c(Cl)nccn12)C12CCC(CC13OCCO3)C1(C2)OCCO1. The van der Waals surface area contributed by atoms with E-state index >= 15 is 0 Å². The van der Waals surface area contributed by atoms with E-state index in [1.165, 1.54) is 6.20 Å². The average Bonchev–Trinajstić information content (AvgIpc) is 3.45. The van der Waals surface area contributed by atoms with Crippen LogP contribution in [0.5, 0.6) is 6.01 Å². The maximum atomic E-state index is 13.8. The fourth-order valence-electron chi connectivity index (χ4n) is 5.57. The summed E-state index contributed by atoms with van der Waals surface area (Å²) in [6.07, 6.45) is 5.36. The number of nitrogens with zero attached hydrogens (tertiary/aromatic N) is 3. The van der Waals surface area contributed by atoms with Crippen LogP contribution in [0.3, 0.4) is 0 Å². The van der Waals surface area contributed by atoms with E-state index in [9.17, 15) is 4.79 Å². The van der Waals surface area contributed by atoms with Crippen LogP contribution in [0.4, 0.5) is 0 Å². The number of ether oxygens (including phenoxy) is 5. The van der Waals surface area contributed by atoms with Crippen molar-refractivity contribution in [2.24, 2.45) is 11.3 Å². The van der Waals surface area contributed by atoms with Crippen LogP contribution in [0.15, 0.2) is 17.0 Å². The summed E-state index contributed by atoms with van der Waals surface area (Å²) in [6, 6.07) is 0.101. The summed E-state index contributed by atoms with van der Waals surface area (Å²) < 4.78 is 32.2. The predicted molar refractivity (Wildman–Crippen MR) is 105 cm³/mol. The normalized spacial score (nSPS) is 31.2. The molecule has 0 amide bonds. The van der Waals surface area contributed by atoms with Crippen molar-refractivity contribution >= 4 is 39.0 Å². The third kappa shape index (κ3) is 2.46. The van der Waals surface area contributed by atoms with E-state index < -0.39 is 23.0 Å². The molecule has 3 saturated carbocycles. The summed E-state index contributed by atoms with van der Waals surface area (Å²) in [7, 11) is 0. The van der Waals surface area contributed by atoms with Gasteiger partial charge in [0.25, 0.3) is 0 Å². The lowest BCUT2D eigenvalue weighted by atomic mass is 9.54. The van der Waals surface area contributed by atoms with Gasteiger partial charge in [-0.25, -0.2) is 4.98 Å². The Hall–Kier alpha value is -1.30. The van der Waals surface area contributed by atoms with Gasteiger partial charge in [0, 0.05) is 31.2 Å². The number of aromatic nitrogens is 3. The van der Waals surface area contributed by atoms with Crippen molar-refractivity contribution in [1.29, 1.82) is 0 Å². The van der Waals surface area contributed by atoms with Gasteiger partial charge in [0.1, 0.15) is 15.5 Å². The number of hydrogen-bond donors (Lipinski definition) is 0. The highest BCUT2D eigenvalue weighted by atomic mass is 79.9. The topological polar surface area (TPSA) is 93.4 Å². The molecule has 2 aliphatic heterocycles. The summed E-state index contributed by atoms with van der Waals surface area (Å²) in [5, 5.41) is 0.251. The molecule has 0 radical (unpaired) electrons. The minimum Gasteiger partial charge on any atom is -0.391 e. The van der Waals surface area contributed by atoms with E-state index in [4.69, 9.17) is 35.3 Å². The Labute approximate surface area is 185 Å². The summed E-state index contributed by atoms with van der Waals surface area (Å²) in [5.41, 5.74) is -0.536. The van der Waals surface area contributed by atoms with Gasteiger partial charge < -0.3 is 23.7 Å². The van der Waals surface area contributed by atoms with E-state index in [-0.39, 0.29) is 17.1 Å². The predicted octanol–water partition coefficient (Wildman–Crippen LogP) is 2.73. The molecule has 2 aromatic rings. The Morgan fingerprint density at radius 3 is 2.73 bits per heavy atom. The van der Waals surface area contributed by atoms with E-state index in [0.29, 0.717) is 55.8 Å². The molecule has 2 saturated heterocycles. The molecule has 5 aliphatic rings. The van der Waals surface area contributed by atoms with Crippen molar-refractivity contribution in [1.82, 2.24) is 14.4 Å². The van der Waals surface area contributed by atoms with Gasteiger partial charge in [-0.05, 0) is 28.8 Å². The highest BCUT2D eigenvalue weighted by Gasteiger charge is 2.74. The molecule has 2 spiro atoms. The van der Waals surface area contributed by atoms with Gasteiger partial charge in [0.05, 0.1) is 26.4 Å². The summed E-state index contributed by atoms with van der Waals surface area (Å²) >= 11 is 9.55. The molecule has 0 aromatic carbocycles. The molecular weight excluding hydrogens is 482 g/mol. The minimum atomic E-state index is -1.06. The zero-order chi connectivity index (χ0) is 20.6. The molecule has 2 aromatic heterocycles. The van der Waals surface area contributed by atoms with E-state index in [0.717, 1.165) is 6.42 Å². The first-order valence-corrected chi connectivity index (χ1v) is 11.1. The van der Waals surface area contributed by atoms with Gasteiger partial charge in [-0.3, -0.25) is 9.20 Å². The molecule has 160 valence electrons. The fourth-order valence-corrected chi connectivity index (χ4v) is 6.45. The number of rotatable bonds is 2. The highest BCUT2D eigenvalue weighted by molar-refractivity contribution is 9.10. The van der Waals surface area contributed by atoms with Crippen LogP contribution in [0.1, 0.15) is 25.7 Å². The zero-order valence-corrected chi connectivity index (χ0v) is 18.3. The minimum absolute atomic E-state index is 0.101. The largest absolute Gasteiger partial charge is 0.391 e. The molecule has 2 bridgehead atoms. The smallest absolute Gasteiger partial charge is 0.325 e. The molecule has 3 aliphatic carbocycles. The highest BCUT2D eigenvalue weighted by Crippen LogP contribution is 2.64. The Bertz CT molecular complexity index is 1030. The molecule has 30 heavy (non-hydrogen) atoms. The van der Waals surface area contributed by atoms with E-state index in [1.54, 1.807) is 10.6 Å². The molecule has 2 unspecified atom stereocenters. The number of imidazole rings is 1. The molecule has 11 heteroatoms. The maximum absolute atomic E-state index is 13.8. The van der Waals surface area contributed by atoms with Crippen LogP contribution in [-0.4, -0.2) is 58.3 Å². The number of carbonyl (C=O) groups excluding carboxylic acids is 1. The van der Waals surface area contributed by atoms with Gasteiger partial charge >= 0.3 is 12.0 Å². The lowest BCUT2D eigenvalue weighted by molar-refractivity contribution is -0.351. The lowest BCUT2D eigenvalue weighted by Crippen LogP contribution is -2.69. The second-order valence-electron chi connectivity index (χ2n) is 8.17. The molecule has 2 atom stereocenters. The molecule has 5 fully saturated rings. The van der Waals surface area contributed by atoms with Gasteiger partial charge in [0.2, 0.25) is 0 Å². The van der Waals surface area contributed by atoms with Crippen LogP contribution >= 0.6 is 27.5 Å². The standard InChI is InChI=1S/C19H19BrClN3O6/c20-13-12-14(21)22-3-4-24(12)16(23-13)30-15(25)17-2-1-11(9-19(17)28-7-8-29-19)18(10-17)26-5-6-27-18/h3-4,11H,1-2,5-10H2. The Kier molecular flexibility index (Phi) is 4.27. The Balaban J connectivity index is 1.41. The molecular formula is C19H19BrClN3O6. The number of hydrogen-bond acceptors (Lipinski definition) is 8. The number of carbonyl (C=O) groups is 1. The van der Waals surface area contributed by atoms with Crippen LogP contribution in [-0.2, 0) is 23.7 Å². The maximum Gasteiger partial charge on any atom is 0.325 e.